The Morgan fingerprint density at radius 1 is 1.25 bits per heavy atom. The van der Waals surface area contributed by atoms with Crippen LogP contribution in [0.2, 0.25) is 5.02 Å². The van der Waals surface area contributed by atoms with E-state index in [-0.39, 0.29) is 5.78 Å². The first kappa shape index (κ1) is 12.8. The lowest BCUT2D eigenvalue weighted by atomic mass is 10.1. The van der Waals surface area contributed by atoms with E-state index in [2.05, 4.69) is 0 Å². The third kappa shape index (κ3) is 2.89. The summed E-state index contributed by atoms with van der Waals surface area (Å²) in [6.07, 6.45) is 0. The van der Waals surface area contributed by atoms with Crippen LogP contribution in [0.5, 0.6) is 11.5 Å². The molecule has 0 unspecified atom stereocenters. The van der Waals surface area contributed by atoms with Crippen LogP contribution in [0.3, 0.4) is 0 Å². The van der Waals surface area contributed by atoms with Gasteiger partial charge in [-0.25, -0.2) is 0 Å². The van der Waals surface area contributed by atoms with Gasteiger partial charge < -0.3 is 9.47 Å². The van der Waals surface area contributed by atoms with Crippen molar-refractivity contribution < 1.29 is 14.3 Å². The molecule has 1 aromatic carbocycles. The molecular weight excluding hydrogens is 228 g/mol. The largest absolute Gasteiger partial charge is 0.490 e. The molecule has 0 aliphatic heterocycles. The van der Waals surface area contributed by atoms with Gasteiger partial charge in [0, 0.05) is 5.56 Å². The highest BCUT2D eigenvalue weighted by Crippen LogP contribution is 2.36. The molecule has 88 valence electrons. The van der Waals surface area contributed by atoms with Crippen LogP contribution in [-0.2, 0) is 0 Å². The van der Waals surface area contributed by atoms with Crippen molar-refractivity contribution in [3.05, 3.63) is 22.7 Å². The molecule has 0 aliphatic rings. The normalized spacial score (nSPS) is 10.0. The average Bonchev–Trinajstić information content (AvgIpc) is 2.23. The van der Waals surface area contributed by atoms with E-state index in [1.807, 2.05) is 13.8 Å². The predicted octanol–water partition coefficient (Wildman–Crippen LogP) is 3.34. The van der Waals surface area contributed by atoms with Gasteiger partial charge in [-0.15, -0.1) is 0 Å². The third-order valence-electron chi connectivity index (χ3n) is 2.00. The Kier molecular flexibility index (Phi) is 4.62. The molecule has 0 heterocycles. The van der Waals surface area contributed by atoms with Crippen LogP contribution in [-0.4, -0.2) is 19.0 Å². The fraction of sp³-hybridized carbons (Fsp3) is 0.417. The highest BCUT2D eigenvalue weighted by atomic mass is 35.5. The van der Waals surface area contributed by atoms with Crippen LogP contribution in [0.15, 0.2) is 12.1 Å². The Hall–Kier alpha value is -1.22. The van der Waals surface area contributed by atoms with Gasteiger partial charge in [0.2, 0.25) is 0 Å². The summed E-state index contributed by atoms with van der Waals surface area (Å²) in [4.78, 5) is 11.3. The summed E-state index contributed by atoms with van der Waals surface area (Å²) >= 11 is 6.04. The highest BCUT2D eigenvalue weighted by Gasteiger charge is 2.13. The van der Waals surface area contributed by atoms with Crippen molar-refractivity contribution in [2.45, 2.75) is 20.8 Å². The number of carbonyl (C=O) groups is 1. The molecule has 0 aliphatic carbocycles. The Balaban J connectivity index is 3.21. The van der Waals surface area contributed by atoms with Gasteiger partial charge in [0.25, 0.3) is 0 Å². The second-order valence-electron chi connectivity index (χ2n) is 3.21. The van der Waals surface area contributed by atoms with E-state index in [4.69, 9.17) is 21.1 Å². The lowest BCUT2D eigenvalue weighted by Gasteiger charge is -2.13. The molecule has 1 rings (SSSR count). The van der Waals surface area contributed by atoms with Gasteiger partial charge in [-0.1, -0.05) is 11.6 Å². The van der Waals surface area contributed by atoms with Crippen LogP contribution in [0.4, 0.5) is 0 Å². The number of hydrogen-bond acceptors (Lipinski definition) is 3. The summed E-state index contributed by atoms with van der Waals surface area (Å²) in [5.41, 5.74) is 0.525. The number of ketones is 1. The molecule has 0 aromatic heterocycles. The summed E-state index contributed by atoms with van der Waals surface area (Å²) in [6.45, 7) is 6.22. The number of halogens is 1. The van der Waals surface area contributed by atoms with Crippen LogP contribution in [0.25, 0.3) is 0 Å². The maximum Gasteiger partial charge on any atom is 0.179 e. The van der Waals surface area contributed by atoms with Gasteiger partial charge >= 0.3 is 0 Å². The third-order valence-corrected chi connectivity index (χ3v) is 2.29. The molecule has 0 bridgehead atoms. The Labute approximate surface area is 100 Å². The Bertz CT molecular complexity index is 388. The maximum atomic E-state index is 11.3. The zero-order valence-electron chi connectivity index (χ0n) is 9.67. The standard InChI is InChI=1S/C12H15ClO3/c1-4-15-11-7-9(8(3)14)6-10(13)12(11)16-5-2/h6-7H,4-5H2,1-3H3. The van der Waals surface area contributed by atoms with Crippen LogP contribution < -0.4 is 9.47 Å². The first-order valence-electron chi connectivity index (χ1n) is 5.20. The van der Waals surface area contributed by atoms with E-state index in [0.29, 0.717) is 35.3 Å². The highest BCUT2D eigenvalue weighted by molar-refractivity contribution is 6.32. The quantitative estimate of drug-likeness (QED) is 0.743. The zero-order valence-corrected chi connectivity index (χ0v) is 10.4. The molecule has 0 atom stereocenters. The molecule has 0 amide bonds. The van der Waals surface area contributed by atoms with Gasteiger partial charge in [0.15, 0.2) is 17.3 Å². The molecule has 4 heteroatoms. The fourth-order valence-electron chi connectivity index (χ4n) is 1.32. The predicted molar refractivity (Wildman–Crippen MR) is 63.8 cm³/mol. The van der Waals surface area contributed by atoms with Crippen molar-refractivity contribution in [1.82, 2.24) is 0 Å². The summed E-state index contributed by atoms with van der Waals surface area (Å²) < 4.78 is 10.8. The molecule has 0 N–H and O–H groups in total. The zero-order chi connectivity index (χ0) is 12.1. The molecule has 3 nitrogen and oxygen atoms in total. The van der Waals surface area contributed by atoms with E-state index in [1.165, 1.54) is 6.92 Å². The van der Waals surface area contributed by atoms with Gasteiger partial charge in [-0.3, -0.25) is 4.79 Å². The summed E-state index contributed by atoms with van der Waals surface area (Å²) in [7, 11) is 0. The number of benzene rings is 1. The topological polar surface area (TPSA) is 35.5 Å². The monoisotopic (exact) mass is 242 g/mol. The van der Waals surface area contributed by atoms with Crippen molar-refractivity contribution in [3.8, 4) is 11.5 Å². The molecule has 0 saturated heterocycles. The van der Waals surface area contributed by atoms with Gasteiger partial charge in [-0.05, 0) is 32.9 Å². The molecule has 0 radical (unpaired) electrons. The van der Waals surface area contributed by atoms with Gasteiger partial charge in [-0.2, -0.15) is 0 Å². The summed E-state index contributed by atoms with van der Waals surface area (Å²) in [5.74, 6) is 0.962. The molecule has 0 saturated carbocycles. The van der Waals surface area contributed by atoms with Crippen LogP contribution in [0, 0.1) is 0 Å². The number of carbonyl (C=O) groups excluding carboxylic acids is 1. The number of ether oxygens (including phenoxy) is 2. The van der Waals surface area contributed by atoms with Crippen molar-refractivity contribution in [2.24, 2.45) is 0 Å². The van der Waals surface area contributed by atoms with Crippen LogP contribution >= 0.6 is 11.6 Å². The Morgan fingerprint density at radius 2 is 1.88 bits per heavy atom. The number of Topliss-reactive ketones (excluding diaryl/α,β-unsaturated/α-hetero) is 1. The second kappa shape index (κ2) is 5.75. The molecule has 16 heavy (non-hydrogen) atoms. The van der Waals surface area contributed by atoms with Crippen molar-refractivity contribution >= 4 is 17.4 Å². The molecule has 0 fully saturated rings. The number of hydrogen-bond donors (Lipinski definition) is 0. The van der Waals surface area contributed by atoms with Crippen molar-refractivity contribution in [1.29, 1.82) is 0 Å². The number of rotatable bonds is 5. The maximum absolute atomic E-state index is 11.3. The minimum absolute atomic E-state index is 0.0501. The minimum Gasteiger partial charge on any atom is -0.490 e. The average molecular weight is 243 g/mol. The van der Waals surface area contributed by atoms with E-state index in [0.717, 1.165) is 0 Å². The molecular formula is C12H15ClO3. The second-order valence-corrected chi connectivity index (χ2v) is 3.61. The first-order valence-corrected chi connectivity index (χ1v) is 5.58. The molecule has 0 spiro atoms. The van der Waals surface area contributed by atoms with Crippen molar-refractivity contribution in [2.75, 3.05) is 13.2 Å². The Morgan fingerprint density at radius 3 is 2.38 bits per heavy atom. The van der Waals surface area contributed by atoms with Gasteiger partial charge in [0.1, 0.15) is 0 Å². The summed E-state index contributed by atoms with van der Waals surface area (Å²) in [5, 5.41) is 0.401. The summed E-state index contributed by atoms with van der Waals surface area (Å²) in [6, 6.07) is 3.25. The van der Waals surface area contributed by atoms with E-state index in [9.17, 15) is 4.79 Å². The first-order chi connectivity index (χ1) is 7.60. The lowest BCUT2D eigenvalue weighted by Crippen LogP contribution is -2.01. The SMILES string of the molecule is CCOc1cc(C(C)=O)cc(Cl)c1OCC. The lowest BCUT2D eigenvalue weighted by molar-refractivity contribution is 0.101. The van der Waals surface area contributed by atoms with E-state index < -0.39 is 0 Å². The minimum atomic E-state index is -0.0501. The molecule has 1 aromatic rings. The smallest absolute Gasteiger partial charge is 0.179 e. The van der Waals surface area contributed by atoms with Crippen molar-refractivity contribution in [3.63, 3.8) is 0 Å². The van der Waals surface area contributed by atoms with E-state index >= 15 is 0 Å². The van der Waals surface area contributed by atoms with Crippen LogP contribution in [0.1, 0.15) is 31.1 Å². The van der Waals surface area contributed by atoms with Gasteiger partial charge in [0.05, 0.1) is 18.2 Å². The fourth-order valence-corrected chi connectivity index (χ4v) is 1.58. The van der Waals surface area contributed by atoms with E-state index in [1.54, 1.807) is 12.1 Å².